The summed E-state index contributed by atoms with van der Waals surface area (Å²) < 4.78 is 0. The molecular formula is C14H18N2O2. The highest BCUT2D eigenvalue weighted by atomic mass is 16.2. The molecule has 0 aromatic heterocycles. The molecule has 18 heavy (non-hydrogen) atoms. The van der Waals surface area contributed by atoms with Crippen molar-refractivity contribution >= 4 is 11.7 Å². The summed E-state index contributed by atoms with van der Waals surface area (Å²) in [5, 5.41) is 14.2. The number of amides is 2. The molecule has 0 saturated carbocycles. The molecule has 0 bridgehead atoms. The average Bonchev–Trinajstić information content (AvgIpc) is 2.35. The molecule has 4 nitrogen and oxygen atoms in total. The summed E-state index contributed by atoms with van der Waals surface area (Å²) >= 11 is 0. The topological polar surface area (TPSA) is 61.4 Å². The Morgan fingerprint density at radius 2 is 2.22 bits per heavy atom. The maximum absolute atomic E-state index is 11.6. The van der Waals surface area contributed by atoms with Crippen molar-refractivity contribution in [1.29, 1.82) is 0 Å². The Hall–Kier alpha value is -1.99. The van der Waals surface area contributed by atoms with E-state index < -0.39 is 0 Å². The summed E-state index contributed by atoms with van der Waals surface area (Å²) in [6.45, 7) is 4.37. The van der Waals surface area contributed by atoms with E-state index >= 15 is 0 Å². The second-order valence-corrected chi connectivity index (χ2v) is 3.89. The zero-order valence-corrected chi connectivity index (χ0v) is 10.7. The Kier molecular flexibility index (Phi) is 5.75. The standard InChI is InChI=1S/C14H18N2O2/c1-3-8-15-14(18)16-13-10-11(2)6-7-12(13)5-4-9-17/h6-7,10,17H,3,8-9H2,1-2H3,(H2,15,16,18). The number of hydrogen-bond acceptors (Lipinski definition) is 2. The minimum atomic E-state index is -0.241. The zero-order valence-electron chi connectivity index (χ0n) is 10.7. The van der Waals surface area contributed by atoms with Crippen LogP contribution in [-0.2, 0) is 0 Å². The van der Waals surface area contributed by atoms with Crippen LogP contribution in [0.3, 0.4) is 0 Å². The Balaban J connectivity index is 2.85. The molecule has 1 rings (SSSR count). The number of hydrogen-bond donors (Lipinski definition) is 3. The van der Waals surface area contributed by atoms with Crippen molar-refractivity contribution in [2.75, 3.05) is 18.5 Å². The number of aryl methyl sites for hydroxylation is 1. The van der Waals surface area contributed by atoms with Gasteiger partial charge in [0, 0.05) is 12.1 Å². The van der Waals surface area contributed by atoms with Crippen LogP contribution >= 0.6 is 0 Å². The van der Waals surface area contributed by atoms with Crippen LogP contribution in [0.2, 0.25) is 0 Å². The van der Waals surface area contributed by atoms with Gasteiger partial charge in [-0.05, 0) is 31.0 Å². The van der Waals surface area contributed by atoms with Crippen molar-refractivity contribution < 1.29 is 9.90 Å². The molecule has 0 heterocycles. The Labute approximate surface area is 107 Å². The van der Waals surface area contributed by atoms with E-state index in [9.17, 15) is 4.79 Å². The molecule has 0 saturated heterocycles. The molecule has 0 aliphatic carbocycles. The van der Waals surface area contributed by atoms with Crippen LogP contribution in [0.5, 0.6) is 0 Å². The largest absolute Gasteiger partial charge is 0.384 e. The van der Waals surface area contributed by atoms with Gasteiger partial charge in [-0.15, -0.1) is 0 Å². The SMILES string of the molecule is CCCNC(=O)Nc1cc(C)ccc1C#CCO. The molecule has 0 unspecified atom stereocenters. The lowest BCUT2D eigenvalue weighted by atomic mass is 10.1. The van der Waals surface area contributed by atoms with Gasteiger partial charge >= 0.3 is 6.03 Å². The Morgan fingerprint density at radius 3 is 2.89 bits per heavy atom. The normalized spacial score (nSPS) is 9.28. The maximum Gasteiger partial charge on any atom is 0.319 e. The number of benzene rings is 1. The summed E-state index contributed by atoms with van der Waals surface area (Å²) in [6.07, 6.45) is 0.887. The van der Waals surface area contributed by atoms with Crippen molar-refractivity contribution in [2.45, 2.75) is 20.3 Å². The van der Waals surface area contributed by atoms with E-state index in [0.29, 0.717) is 17.8 Å². The smallest absolute Gasteiger partial charge is 0.319 e. The first kappa shape index (κ1) is 14.1. The highest BCUT2D eigenvalue weighted by Crippen LogP contribution is 2.16. The van der Waals surface area contributed by atoms with Crippen molar-refractivity contribution in [1.82, 2.24) is 5.32 Å². The van der Waals surface area contributed by atoms with Gasteiger partial charge in [-0.1, -0.05) is 24.8 Å². The fourth-order valence-corrected chi connectivity index (χ4v) is 1.41. The molecule has 1 aromatic carbocycles. The predicted octanol–water partition coefficient (Wildman–Crippen LogP) is 1.87. The third-order valence-corrected chi connectivity index (χ3v) is 2.26. The van der Waals surface area contributed by atoms with Crippen LogP contribution in [0.1, 0.15) is 24.5 Å². The Morgan fingerprint density at radius 1 is 1.44 bits per heavy atom. The first-order valence-corrected chi connectivity index (χ1v) is 5.92. The monoisotopic (exact) mass is 246 g/mol. The predicted molar refractivity (Wildman–Crippen MR) is 72.5 cm³/mol. The fourth-order valence-electron chi connectivity index (χ4n) is 1.41. The molecule has 1 aromatic rings. The number of nitrogens with one attached hydrogen (secondary N) is 2. The number of carbonyl (C=O) groups excluding carboxylic acids is 1. The highest BCUT2D eigenvalue weighted by molar-refractivity contribution is 5.90. The van der Waals surface area contributed by atoms with Gasteiger partial charge in [0.1, 0.15) is 6.61 Å². The van der Waals surface area contributed by atoms with E-state index in [1.54, 1.807) is 0 Å². The van der Waals surface area contributed by atoms with Gasteiger partial charge in [0.25, 0.3) is 0 Å². The van der Waals surface area contributed by atoms with E-state index in [-0.39, 0.29) is 12.6 Å². The summed E-state index contributed by atoms with van der Waals surface area (Å²) in [5.41, 5.74) is 2.39. The molecule has 0 fully saturated rings. The molecule has 0 spiro atoms. The third-order valence-electron chi connectivity index (χ3n) is 2.26. The van der Waals surface area contributed by atoms with Crippen LogP contribution < -0.4 is 10.6 Å². The number of carbonyl (C=O) groups is 1. The second-order valence-electron chi connectivity index (χ2n) is 3.89. The van der Waals surface area contributed by atoms with Crippen LogP contribution in [0.15, 0.2) is 18.2 Å². The van der Waals surface area contributed by atoms with Crippen molar-refractivity contribution in [3.05, 3.63) is 29.3 Å². The van der Waals surface area contributed by atoms with Gasteiger partial charge in [-0.2, -0.15) is 0 Å². The Bertz CT molecular complexity index is 472. The molecule has 0 atom stereocenters. The number of aliphatic hydroxyl groups excluding tert-OH is 1. The van der Waals surface area contributed by atoms with Crippen LogP contribution in [0, 0.1) is 18.8 Å². The number of anilines is 1. The quantitative estimate of drug-likeness (QED) is 0.713. The van der Waals surface area contributed by atoms with E-state index in [2.05, 4.69) is 22.5 Å². The summed E-state index contributed by atoms with van der Waals surface area (Å²) in [5.74, 6) is 5.38. The van der Waals surface area contributed by atoms with Gasteiger partial charge in [0.05, 0.1) is 5.69 Å². The van der Waals surface area contributed by atoms with Crippen molar-refractivity contribution in [2.24, 2.45) is 0 Å². The van der Waals surface area contributed by atoms with Crippen LogP contribution in [0.4, 0.5) is 10.5 Å². The van der Waals surface area contributed by atoms with Crippen LogP contribution in [0.25, 0.3) is 0 Å². The minimum absolute atomic E-state index is 0.199. The highest BCUT2D eigenvalue weighted by Gasteiger charge is 2.04. The van der Waals surface area contributed by atoms with E-state index in [1.165, 1.54) is 0 Å². The van der Waals surface area contributed by atoms with Gasteiger partial charge in [0.15, 0.2) is 0 Å². The molecule has 0 aliphatic heterocycles. The average molecular weight is 246 g/mol. The van der Waals surface area contributed by atoms with E-state index in [4.69, 9.17) is 5.11 Å². The molecular weight excluding hydrogens is 228 g/mol. The molecule has 96 valence electrons. The van der Waals surface area contributed by atoms with Crippen molar-refractivity contribution in [3.63, 3.8) is 0 Å². The number of urea groups is 1. The first-order valence-electron chi connectivity index (χ1n) is 5.92. The van der Waals surface area contributed by atoms with E-state index in [1.807, 2.05) is 32.0 Å². The molecule has 0 radical (unpaired) electrons. The fraction of sp³-hybridized carbons (Fsp3) is 0.357. The number of aliphatic hydroxyl groups is 1. The van der Waals surface area contributed by atoms with Crippen LogP contribution in [-0.4, -0.2) is 24.3 Å². The molecule has 4 heteroatoms. The lowest BCUT2D eigenvalue weighted by Crippen LogP contribution is -2.29. The zero-order chi connectivity index (χ0) is 13.4. The van der Waals surface area contributed by atoms with Gasteiger partial charge in [0.2, 0.25) is 0 Å². The van der Waals surface area contributed by atoms with E-state index in [0.717, 1.165) is 12.0 Å². The first-order chi connectivity index (χ1) is 8.67. The van der Waals surface area contributed by atoms with Crippen molar-refractivity contribution in [3.8, 4) is 11.8 Å². The maximum atomic E-state index is 11.6. The van der Waals surface area contributed by atoms with Gasteiger partial charge in [-0.3, -0.25) is 0 Å². The minimum Gasteiger partial charge on any atom is -0.384 e. The second kappa shape index (κ2) is 7.36. The lowest BCUT2D eigenvalue weighted by Gasteiger charge is -2.09. The molecule has 0 aliphatic rings. The number of rotatable bonds is 3. The third kappa shape index (κ3) is 4.48. The molecule has 2 amide bonds. The summed E-state index contributed by atoms with van der Waals surface area (Å²) in [4.78, 5) is 11.6. The lowest BCUT2D eigenvalue weighted by molar-refractivity contribution is 0.252. The summed E-state index contributed by atoms with van der Waals surface area (Å²) in [6, 6.07) is 5.35. The molecule has 3 N–H and O–H groups in total. The van der Waals surface area contributed by atoms with Gasteiger partial charge in [-0.25, -0.2) is 4.79 Å². The van der Waals surface area contributed by atoms with Gasteiger partial charge < -0.3 is 15.7 Å². The summed E-state index contributed by atoms with van der Waals surface area (Å²) in [7, 11) is 0.